The quantitative estimate of drug-likeness (QED) is 0.546. The number of carbonyl (C=O) groups is 1. The monoisotopic (exact) mass is 348 g/mol. The van der Waals surface area contributed by atoms with Crippen molar-refractivity contribution in [3.63, 3.8) is 0 Å². The van der Waals surface area contributed by atoms with Crippen LogP contribution < -0.4 is 16.0 Å². The molecule has 3 N–H and O–H groups in total. The summed E-state index contributed by atoms with van der Waals surface area (Å²) < 4.78 is 0. The van der Waals surface area contributed by atoms with E-state index in [1.165, 1.54) is 12.0 Å². The van der Waals surface area contributed by atoms with E-state index in [4.69, 9.17) is 0 Å². The van der Waals surface area contributed by atoms with Gasteiger partial charge < -0.3 is 16.0 Å². The minimum absolute atomic E-state index is 0.0698. The molecule has 0 aliphatic heterocycles. The van der Waals surface area contributed by atoms with Gasteiger partial charge in [0.2, 0.25) is 5.91 Å². The highest BCUT2D eigenvalue weighted by Crippen LogP contribution is 2.27. The molecule has 0 bridgehead atoms. The first-order valence-corrected chi connectivity index (χ1v) is 9.82. The summed E-state index contributed by atoms with van der Waals surface area (Å²) in [6, 6.07) is 8.38. The molecule has 1 aromatic carbocycles. The molecule has 2 unspecified atom stereocenters. The molecule has 132 valence electrons. The Bertz CT molecular complexity index is 576. The van der Waals surface area contributed by atoms with Crippen molar-refractivity contribution in [3.05, 3.63) is 29.8 Å². The molecular formula is C18H28N4OS. The van der Waals surface area contributed by atoms with Crippen LogP contribution in [0.2, 0.25) is 0 Å². The Morgan fingerprint density at radius 2 is 2.21 bits per heavy atom. The molecule has 2 rings (SSSR count). The predicted molar refractivity (Wildman–Crippen MR) is 104 cm³/mol. The first-order chi connectivity index (χ1) is 11.6. The molecule has 1 aliphatic rings. The second kappa shape index (κ2) is 9.57. The van der Waals surface area contributed by atoms with Crippen LogP contribution in [0.1, 0.15) is 31.7 Å². The lowest BCUT2D eigenvalue weighted by Crippen LogP contribution is -2.45. The fraction of sp³-hybridized carbons (Fsp3) is 0.556. The minimum Gasteiger partial charge on any atom is -0.354 e. The van der Waals surface area contributed by atoms with Gasteiger partial charge in [0.1, 0.15) is 0 Å². The van der Waals surface area contributed by atoms with Crippen molar-refractivity contribution >= 4 is 29.3 Å². The molecule has 6 heteroatoms. The molecule has 1 fully saturated rings. The van der Waals surface area contributed by atoms with Crippen molar-refractivity contribution in [2.45, 2.75) is 43.9 Å². The summed E-state index contributed by atoms with van der Waals surface area (Å²) in [5.41, 5.74) is 2.05. The molecule has 1 saturated carbocycles. The second-order valence-electron chi connectivity index (χ2n) is 6.04. The van der Waals surface area contributed by atoms with Crippen LogP contribution in [0.15, 0.2) is 29.3 Å². The number of guanidine groups is 1. The largest absolute Gasteiger partial charge is 0.354 e. The molecule has 0 aromatic heterocycles. The highest BCUT2D eigenvalue weighted by molar-refractivity contribution is 7.99. The van der Waals surface area contributed by atoms with Gasteiger partial charge in [-0.05, 0) is 49.6 Å². The average Bonchev–Trinajstić information content (AvgIpc) is 3.06. The number of amides is 1. The predicted octanol–water partition coefficient (Wildman–Crippen LogP) is 2.64. The molecular weight excluding hydrogens is 320 g/mol. The van der Waals surface area contributed by atoms with E-state index in [0.29, 0.717) is 12.0 Å². The molecule has 5 nitrogen and oxygen atoms in total. The fourth-order valence-electron chi connectivity index (χ4n) is 2.91. The Balaban J connectivity index is 1.77. The van der Waals surface area contributed by atoms with Crippen molar-refractivity contribution in [1.29, 1.82) is 0 Å². The summed E-state index contributed by atoms with van der Waals surface area (Å²) in [7, 11) is 1.74. The van der Waals surface area contributed by atoms with E-state index in [9.17, 15) is 4.79 Å². The number of thioether (sulfide) groups is 1. The zero-order valence-corrected chi connectivity index (χ0v) is 15.6. The topological polar surface area (TPSA) is 65.5 Å². The van der Waals surface area contributed by atoms with Gasteiger partial charge in [0.05, 0.1) is 6.54 Å². The first kappa shape index (κ1) is 18.6. The molecule has 24 heavy (non-hydrogen) atoms. The van der Waals surface area contributed by atoms with E-state index in [2.05, 4.69) is 40.2 Å². The molecule has 1 amide bonds. The Kier molecular flexibility index (Phi) is 7.43. The first-order valence-electron chi connectivity index (χ1n) is 8.53. The third kappa shape index (κ3) is 5.74. The number of hydrogen-bond donors (Lipinski definition) is 3. The van der Waals surface area contributed by atoms with Crippen LogP contribution in [-0.4, -0.2) is 43.0 Å². The SMILES string of the molecule is CCc1cccc(NC(=O)CNC(=NC)NC2CCC(SC)C2)c1. The lowest BCUT2D eigenvalue weighted by molar-refractivity contribution is -0.115. The van der Waals surface area contributed by atoms with Crippen LogP contribution in [0.3, 0.4) is 0 Å². The maximum Gasteiger partial charge on any atom is 0.243 e. The maximum absolute atomic E-state index is 12.1. The number of carbonyl (C=O) groups excluding carboxylic acids is 1. The summed E-state index contributed by atoms with van der Waals surface area (Å²) >= 11 is 1.93. The molecule has 2 atom stereocenters. The van der Waals surface area contributed by atoms with Gasteiger partial charge in [-0.3, -0.25) is 9.79 Å². The van der Waals surface area contributed by atoms with Crippen LogP contribution in [0.25, 0.3) is 0 Å². The number of nitrogens with one attached hydrogen (secondary N) is 3. The molecule has 1 aromatic rings. The van der Waals surface area contributed by atoms with Crippen molar-refractivity contribution < 1.29 is 4.79 Å². The van der Waals surface area contributed by atoms with Crippen LogP contribution in [-0.2, 0) is 11.2 Å². The van der Waals surface area contributed by atoms with Crippen molar-refractivity contribution in [2.24, 2.45) is 4.99 Å². The zero-order valence-electron chi connectivity index (χ0n) is 14.8. The lowest BCUT2D eigenvalue weighted by atomic mass is 10.1. The van der Waals surface area contributed by atoms with Crippen LogP contribution >= 0.6 is 11.8 Å². The van der Waals surface area contributed by atoms with Crippen LogP contribution in [0.5, 0.6) is 0 Å². The van der Waals surface area contributed by atoms with Crippen molar-refractivity contribution in [3.8, 4) is 0 Å². The highest BCUT2D eigenvalue weighted by atomic mass is 32.2. The summed E-state index contributed by atoms with van der Waals surface area (Å²) in [6.45, 7) is 2.30. The molecule has 1 aliphatic carbocycles. The fourth-order valence-corrected chi connectivity index (χ4v) is 3.71. The van der Waals surface area contributed by atoms with Crippen LogP contribution in [0.4, 0.5) is 5.69 Å². The molecule has 0 spiro atoms. The third-order valence-electron chi connectivity index (χ3n) is 4.32. The Hall–Kier alpha value is -1.69. The highest BCUT2D eigenvalue weighted by Gasteiger charge is 2.24. The number of benzene rings is 1. The number of anilines is 1. The number of aliphatic imine (C=N–C) groups is 1. The minimum atomic E-state index is -0.0698. The summed E-state index contributed by atoms with van der Waals surface area (Å²) in [4.78, 5) is 16.3. The summed E-state index contributed by atoms with van der Waals surface area (Å²) in [5.74, 6) is 0.624. The third-order valence-corrected chi connectivity index (χ3v) is 5.41. The lowest BCUT2D eigenvalue weighted by Gasteiger charge is -2.17. The van der Waals surface area contributed by atoms with Crippen LogP contribution in [0, 0.1) is 0 Å². The zero-order chi connectivity index (χ0) is 17.4. The number of nitrogens with zero attached hydrogens (tertiary/aromatic N) is 1. The average molecular weight is 349 g/mol. The second-order valence-corrected chi connectivity index (χ2v) is 7.18. The van der Waals surface area contributed by atoms with Gasteiger partial charge >= 0.3 is 0 Å². The maximum atomic E-state index is 12.1. The van der Waals surface area contributed by atoms with Gasteiger partial charge in [0.15, 0.2) is 5.96 Å². The Labute approximate surface area is 149 Å². The molecule has 0 saturated heterocycles. The Morgan fingerprint density at radius 1 is 1.38 bits per heavy atom. The standard InChI is InChI=1S/C18H28N4OS/c1-4-13-6-5-7-14(10-13)21-17(23)12-20-18(19-2)22-15-8-9-16(11-15)24-3/h5-7,10,15-16H,4,8-9,11-12H2,1-3H3,(H,21,23)(H2,19,20,22). The van der Waals surface area contributed by atoms with Gasteiger partial charge in [0, 0.05) is 24.0 Å². The van der Waals surface area contributed by atoms with E-state index in [0.717, 1.165) is 30.2 Å². The van der Waals surface area contributed by atoms with Gasteiger partial charge in [-0.25, -0.2) is 0 Å². The van der Waals surface area contributed by atoms with Crippen molar-refractivity contribution in [2.75, 3.05) is 25.2 Å². The normalized spacial score (nSPS) is 20.7. The van der Waals surface area contributed by atoms with Crippen molar-refractivity contribution in [1.82, 2.24) is 10.6 Å². The molecule has 0 heterocycles. The number of hydrogen-bond acceptors (Lipinski definition) is 3. The van der Waals surface area contributed by atoms with E-state index in [1.807, 2.05) is 30.0 Å². The summed E-state index contributed by atoms with van der Waals surface area (Å²) in [6.07, 6.45) is 6.67. The van der Waals surface area contributed by atoms with Gasteiger partial charge in [0.25, 0.3) is 0 Å². The van der Waals surface area contributed by atoms with E-state index in [1.54, 1.807) is 7.05 Å². The Morgan fingerprint density at radius 3 is 2.88 bits per heavy atom. The number of rotatable bonds is 6. The van der Waals surface area contributed by atoms with Gasteiger partial charge in [-0.1, -0.05) is 19.1 Å². The van der Waals surface area contributed by atoms with E-state index >= 15 is 0 Å². The number of aryl methyl sites for hydroxylation is 1. The van der Waals surface area contributed by atoms with E-state index < -0.39 is 0 Å². The summed E-state index contributed by atoms with van der Waals surface area (Å²) in [5, 5.41) is 10.2. The van der Waals surface area contributed by atoms with Gasteiger partial charge in [-0.15, -0.1) is 0 Å². The molecule has 0 radical (unpaired) electrons. The van der Waals surface area contributed by atoms with Gasteiger partial charge in [-0.2, -0.15) is 11.8 Å². The smallest absolute Gasteiger partial charge is 0.243 e. The van der Waals surface area contributed by atoms with E-state index in [-0.39, 0.29) is 12.5 Å².